The fourth-order valence-corrected chi connectivity index (χ4v) is 3.49. The van der Waals surface area contributed by atoms with Gasteiger partial charge in [0, 0.05) is 35.9 Å². The van der Waals surface area contributed by atoms with Crippen molar-refractivity contribution in [2.45, 2.75) is 12.6 Å². The third-order valence-corrected chi connectivity index (χ3v) is 4.99. The third kappa shape index (κ3) is 3.37. The van der Waals surface area contributed by atoms with Gasteiger partial charge in [0.2, 0.25) is 0 Å². The van der Waals surface area contributed by atoms with E-state index in [2.05, 4.69) is 11.0 Å². The zero-order valence-corrected chi connectivity index (χ0v) is 14.7. The summed E-state index contributed by atoms with van der Waals surface area (Å²) in [7, 11) is 2.01. The van der Waals surface area contributed by atoms with Crippen molar-refractivity contribution < 1.29 is 17.6 Å². The molecule has 6 heteroatoms. The molecule has 0 spiro atoms. The van der Waals surface area contributed by atoms with E-state index in [-0.39, 0.29) is 5.82 Å². The van der Waals surface area contributed by atoms with Crippen LogP contribution in [-0.2, 0) is 6.18 Å². The number of halogens is 4. The van der Waals surface area contributed by atoms with Crippen LogP contribution in [0.1, 0.15) is 17.5 Å². The lowest BCUT2D eigenvalue weighted by Gasteiger charge is -2.21. The standard InChI is InChI=1S/C21H18F4N2/c1-26-10-8-14(9-11-26)19-13-27(17-5-3-16(22)4-6-17)20-7-2-15(12-18(19)20)21(23,24)25/h2-8,12-13H,9-11H2,1H3. The van der Waals surface area contributed by atoms with Crippen molar-refractivity contribution in [3.63, 3.8) is 0 Å². The zero-order chi connectivity index (χ0) is 19.2. The molecule has 4 rings (SSSR count). The van der Waals surface area contributed by atoms with Gasteiger partial charge in [0.15, 0.2) is 0 Å². The van der Waals surface area contributed by atoms with Gasteiger partial charge in [-0.1, -0.05) is 6.08 Å². The Morgan fingerprint density at radius 2 is 1.74 bits per heavy atom. The van der Waals surface area contributed by atoms with Crippen molar-refractivity contribution in [2.24, 2.45) is 0 Å². The Hall–Kier alpha value is -2.60. The molecule has 1 aliphatic heterocycles. The highest BCUT2D eigenvalue weighted by Crippen LogP contribution is 2.37. The molecule has 140 valence electrons. The number of hydrogen-bond acceptors (Lipinski definition) is 1. The van der Waals surface area contributed by atoms with E-state index < -0.39 is 11.7 Å². The van der Waals surface area contributed by atoms with Crippen molar-refractivity contribution in [1.82, 2.24) is 9.47 Å². The maximum absolute atomic E-state index is 13.3. The quantitative estimate of drug-likeness (QED) is 0.537. The second kappa shape index (κ2) is 6.53. The van der Waals surface area contributed by atoms with E-state index in [0.717, 1.165) is 36.7 Å². The minimum atomic E-state index is -4.40. The fourth-order valence-electron chi connectivity index (χ4n) is 3.49. The molecule has 0 fully saturated rings. The smallest absolute Gasteiger partial charge is 0.316 e. The van der Waals surface area contributed by atoms with Gasteiger partial charge in [-0.15, -0.1) is 0 Å². The summed E-state index contributed by atoms with van der Waals surface area (Å²) in [5.74, 6) is -0.354. The van der Waals surface area contributed by atoms with Crippen LogP contribution in [0.5, 0.6) is 0 Å². The molecule has 2 heterocycles. The first-order valence-electron chi connectivity index (χ1n) is 8.69. The number of hydrogen-bond donors (Lipinski definition) is 0. The Labute approximate surface area is 154 Å². The van der Waals surface area contributed by atoms with Gasteiger partial charge in [0.05, 0.1) is 11.1 Å². The monoisotopic (exact) mass is 374 g/mol. The highest BCUT2D eigenvalue weighted by molar-refractivity contribution is 5.95. The number of benzene rings is 2. The predicted molar refractivity (Wildman–Crippen MR) is 98.3 cm³/mol. The second-order valence-corrected chi connectivity index (χ2v) is 6.86. The molecule has 3 aromatic rings. The average molecular weight is 374 g/mol. The van der Waals surface area contributed by atoms with Gasteiger partial charge in [-0.25, -0.2) is 4.39 Å². The summed E-state index contributed by atoms with van der Waals surface area (Å²) in [5.41, 5.74) is 2.55. The van der Waals surface area contributed by atoms with E-state index in [4.69, 9.17) is 0 Å². The van der Waals surface area contributed by atoms with E-state index >= 15 is 0 Å². The first-order valence-corrected chi connectivity index (χ1v) is 8.69. The lowest BCUT2D eigenvalue weighted by Crippen LogP contribution is -2.23. The molecule has 0 N–H and O–H groups in total. The van der Waals surface area contributed by atoms with Gasteiger partial charge in [-0.05, 0) is 61.5 Å². The Morgan fingerprint density at radius 3 is 2.37 bits per heavy atom. The molecule has 0 saturated carbocycles. The summed E-state index contributed by atoms with van der Waals surface area (Å²) in [4.78, 5) is 2.16. The van der Waals surface area contributed by atoms with Gasteiger partial charge in [0.25, 0.3) is 0 Å². The molecule has 0 atom stereocenters. The number of fused-ring (bicyclic) bond motifs is 1. The summed E-state index contributed by atoms with van der Waals surface area (Å²) in [6.07, 6.45) is 0.294. The number of nitrogens with zero attached hydrogens (tertiary/aromatic N) is 2. The lowest BCUT2D eigenvalue weighted by atomic mass is 9.98. The molecule has 1 aliphatic rings. The second-order valence-electron chi connectivity index (χ2n) is 6.86. The van der Waals surface area contributed by atoms with Crippen LogP contribution >= 0.6 is 0 Å². The highest BCUT2D eigenvalue weighted by atomic mass is 19.4. The van der Waals surface area contributed by atoms with Crippen LogP contribution in [-0.4, -0.2) is 29.6 Å². The number of alkyl halides is 3. The molecule has 2 nitrogen and oxygen atoms in total. The van der Waals surface area contributed by atoms with E-state index in [1.807, 2.05) is 17.8 Å². The van der Waals surface area contributed by atoms with Gasteiger partial charge in [-0.2, -0.15) is 13.2 Å². The van der Waals surface area contributed by atoms with Crippen LogP contribution in [0.15, 0.2) is 54.7 Å². The Bertz CT molecular complexity index is 1010. The van der Waals surface area contributed by atoms with E-state index in [9.17, 15) is 17.6 Å². The van der Waals surface area contributed by atoms with Crippen molar-refractivity contribution in [2.75, 3.05) is 20.1 Å². The maximum atomic E-state index is 13.3. The SMILES string of the molecule is CN1CC=C(c2cn(-c3ccc(F)cc3)c3ccc(C(F)(F)F)cc23)CC1. The molecule has 27 heavy (non-hydrogen) atoms. The van der Waals surface area contributed by atoms with Crippen LogP contribution in [0.4, 0.5) is 17.6 Å². The molecule has 1 aromatic heterocycles. The number of rotatable bonds is 2. The van der Waals surface area contributed by atoms with Crippen LogP contribution in [0.3, 0.4) is 0 Å². The largest absolute Gasteiger partial charge is 0.416 e. The zero-order valence-electron chi connectivity index (χ0n) is 14.7. The molecular weight excluding hydrogens is 356 g/mol. The number of likely N-dealkylation sites (N-methyl/N-ethyl adjacent to an activating group) is 1. The normalized spacial score (nSPS) is 16.0. The van der Waals surface area contributed by atoms with E-state index in [0.29, 0.717) is 16.6 Å². The van der Waals surface area contributed by atoms with Gasteiger partial charge in [0.1, 0.15) is 5.82 Å². The van der Waals surface area contributed by atoms with Gasteiger partial charge >= 0.3 is 6.18 Å². The first kappa shape index (κ1) is 17.8. The summed E-state index contributed by atoms with van der Waals surface area (Å²) >= 11 is 0. The van der Waals surface area contributed by atoms with Crippen LogP contribution in [0, 0.1) is 5.82 Å². The summed E-state index contributed by atoms with van der Waals surface area (Å²) in [5, 5.41) is 0.560. The van der Waals surface area contributed by atoms with E-state index in [1.165, 1.54) is 24.3 Å². The minimum absolute atomic E-state index is 0.354. The van der Waals surface area contributed by atoms with Crippen molar-refractivity contribution in [3.8, 4) is 5.69 Å². The molecule has 0 unspecified atom stereocenters. The van der Waals surface area contributed by atoms with Crippen LogP contribution in [0.25, 0.3) is 22.2 Å². The van der Waals surface area contributed by atoms with Gasteiger partial charge in [-0.3, -0.25) is 0 Å². The maximum Gasteiger partial charge on any atom is 0.416 e. The Balaban J connectivity index is 1.93. The molecule has 0 saturated heterocycles. The van der Waals surface area contributed by atoms with Gasteiger partial charge < -0.3 is 9.47 Å². The number of aromatic nitrogens is 1. The predicted octanol–water partition coefficient (Wildman–Crippen LogP) is 5.51. The van der Waals surface area contributed by atoms with Crippen LogP contribution in [0.2, 0.25) is 0 Å². The lowest BCUT2D eigenvalue weighted by molar-refractivity contribution is -0.137. The molecular formula is C21H18F4N2. The summed E-state index contributed by atoms with van der Waals surface area (Å²) in [6.45, 7) is 1.62. The molecule has 0 bridgehead atoms. The molecule has 0 amide bonds. The first-order chi connectivity index (χ1) is 12.8. The molecule has 2 aromatic carbocycles. The fraction of sp³-hybridized carbons (Fsp3) is 0.238. The van der Waals surface area contributed by atoms with Crippen molar-refractivity contribution in [3.05, 3.63) is 71.7 Å². The summed E-state index contributed by atoms with van der Waals surface area (Å²) < 4.78 is 54.8. The van der Waals surface area contributed by atoms with Crippen molar-refractivity contribution >= 4 is 16.5 Å². The average Bonchev–Trinajstić information content (AvgIpc) is 3.01. The molecule has 0 radical (unpaired) electrons. The third-order valence-electron chi connectivity index (χ3n) is 4.99. The molecule has 0 aliphatic carbocycles. The Kier molecular flexibility index (Phi) is 4.30. The topological polar surface area (TPSA) is 8.17 Å². The van der Waals surface area contributed by atoms with Crippen LogP contribution < -0.4 is 0 Å². The van der Waals surface area contributed by atoms with E-state index in [1.54, 1.807) is 12.1 Å². The van der Waals surface area contributed by atoms with Crippen molar-refractivity contribution in [1.29, 1.82) is 0 Å². The summed E-state index contributed by atoms with van der Waals surface area (Å²) in [6, 6.07) is 9.73. The Morgan fingerprint density at radius 1 is 1.00 bits per heavy atom. The highest BCUT2D eigenvalue weighted by Gasteiger charge is 2.31. The minimum Gasteiger partial charge on any atom is -0.316 e.